The number of aliphatic hydroxyl groups is 1. The van der Waals surface area contributed by atoms with Gasteiger partial charge < -0.3 is 50.3 Å². The number of amides is 8. The fourth-order valence-corrected chi connectivity index (χ4v) is 9.66. The summed E-state index contributed by atoms with van der Waals surface area (Å²) in [5, 5.41) is 20.1. The molecule has 4 rings (SSSR count). The van der Waals surface area contributed by atoms with Crippen LogP contribution in [0.15, 0.2) is 54.6 Å². The van der Waals surface area contributed by atoms with Gasteiger partial charge >= 0.3 is 5.97 Å². The summed E-state index contributed by atoms with van der Waals surface area (Å²) in [4.78, 5) is 137. The Kier molecular flexibility index (Phi) is 22.2. The molecule has 19 nitrogen and oxygen atoms in total. The van der Waals surface area contributed by atoms with Crippen LogP contribution in [0.4, 0.5) is 0 Å². The zero-order valence-corrected chi connectivity index (χ0v) is 47.5. The van der Waals surface area contributed by atoms with Crippen LogP contribution in [0.2, 0.25) is 0 Å². The molecule has 2 aromatic carbocycles. The molecule has 0 aromatic heterocycles. The number of carbonyl (C=O) groups is 9. The molecule has 2 saturated heterocycles. The number of likely N-dealkylation sites (N-methyl/N-ethyl adjacent to an activating group) is 4. The number of rotatable bonds is 11. The molecule has 2 aliphatic heterocycles. The highest BCUT2D eigenvalue weighted by Crippen LogP contribution is 2.26. The first-order chi connectivity index (χ1) is 35.5. The highest BCUT2D eigenvalue weighted by atomic mass is 16.6. The molecule has 4 N–H and O–H groups in total. The number of nitrogens with one attached hydrogen (secondary N) is 3. The first kappa shape index (κ1) is 62.2. The van der Waals surface area contributed by atoms with E-state index >= 15 is 4.79 Å². The lowest BCUT2D eigenvalue weighted by Gasteiger charge is -2.39. The summed E-state index contributed by atoms with van der Waals surface area (Å²) in [7, 11) is 5.59. The molecule has 0 aliphatic carbocycles. The maximum atomic E-state index is 15.0. The molecular formula is C57H86N8O11. The van der Waals surface area contributed by atoms with Gasteiger partial charge in [0, 0.05) is 60.0 Å². The largest absolute Gasteiger partial charge is 0.450 e. The second-order valence-corrected chi connectivity index (χ2v) is 22.2. The lowest BCUT2D eigenvalue weighted by molar-refractivity contribution is -0.177. The Morgan fingerprint density at radius 3 is 1.70 bits per heavy atom. The van der Waals surface area contributed by atoms with E-state index < -0.39 is 125 Å². The number of cyclic esters (lactones) is 1. The normalized spacial score (nSPS) is 26.9. The van der Waals surface area contributed by atoms with E-state index in [1.165, 1.54) is 65.7 Å². The predicted molar refractivity (Wildman–Crippen MR) is 288 cm³/mol. The molecule has 0 radical (unpaired) electrons. The number of nitrogens with zero attached hydrogens (tertiary/aromatic N) is 5. The molecule has 11 unspecified atom stereocenters. The van der Waals surface area contributed by atoms with Crippen LogP contribution in [-0.4, -0.2) is 178 Å². The van der Waals surface area contributed by atoms with Crippen LogP contribution >= 0.6 is 0 Å². The summed E-state index contributed by atoms with van der Waals surface area (Å²) in [5.41, 5.74) is 0.501. The molecular weight excluding hydrogens is 973 g/mol. The quantitative estimate of drug-likeness (QED) is 0.239. The van der Waals surface area contributed by atoms with Gasteiger partial charge in [-0.3, -0.25) is 38.4 Å². The lowest BCUT2D eigenvalue weighted by Crippen LogP contribution is -2.62. The van der Waals surface area contributed by atoms with Gasteiger partial charge in [-0.15, -0.1) is 0 Å². The van der Waals surface area contributed by atoms with E-state index in [4.69, 9.17) is 4.74 Å². The monoisotopic (exact) mass is 1060 g/mol. The first-order valence-corrected chi connectivity index (χ1v) is 26.8. The Hall–Kier alpha value is -6.37. The standard InChI is InChI=1S/C57H86N8O11/c1-16-35(6)45-54(72)61(12)37(8)48(66)58-42(29-33(3)4)52(70)64(15)47(57(10,11)75)56(74)76-46(36(7)17-2)55(73)62(13)38(9)49(67)59-43(30-39-21-19-18-20-22-39)51(69)63(14)44(31-40-25-23-34(5)24-26-40)53(71)65-28-27-41(32-65)50(68)60-45/h18-26,33,35-38,41-47,75H,16-17,27-32H2,1-15H3,(H,58,66)(H,59,67)(H,60,68). The summed E-state index contributed by atoms with van der Waals surface area (Å²) >= 11 is 0. The van der Waals surface area contributed by atoms with Crippen molar-refractivity contribution < 1.29 is 53.0 Å². The third-order valence-electron chi connectivity index (χ3n) is 15.4. The average Bonchev–Trinajstić information content (AvgIpc) is 3.89. The van der Waals surface area contributed by atoms with Crippen molar-refractivity contribution in [1.29, 1.82) is 0 Å². The lowest BCUT2D eigenvalue weighted by atomic mass is 9.94. The molecule has 76 heavy (non-hydrogen) atoms. The van der Waals surface area contributed by atoms with Crippen molar-refractivity contribution in [2.24, 2.45) is 23.7 Å². The highest BCUT2D eigenvalue weighted by Gasteiger charge is 2.46. The Morgan fingerprint density at radius 2 is 1.16 bits per heavy atom. The van der Waals surface area contributed by atoms with E-state index in [2.05, 4.69) is 16.0 Å². The van der Waals surface area contributed by atoms with Crippen LogP contribution in [0.25, 0.3) is 0 Å². The Labute approximate surface area is 450 Å². The molecule has 0 saturated carbocycles. The molecule has 420 valence electrons. The minimum Gasteiger partial charge on any atom is -0.450 e. The first-order valence-electron chi connectivity index (χ1n) is 26.8. The Morgan fingerprint density at radius 1 is 0.632 bits per heavy atom. The van der Waals surface area contributed by atoms with Gasteiger partial charge in [-0.2, -0.15) is 0 Å². The van der Waals surface area contributed by atoms with Gasteiger partial charge in [0.05, 0.1) is 11.5 Å². The fourth-order valence-electron chi connectivity index (χ4n) is 9.66. The highest BCUT2D eigenvalue weighted by molar-refractivity contribution is 5.97. The summed E-state index contributed by atoms with van der Waals surface area (Å²) in [6.45, 7) is 18.5. The predicted octanol–water partition coefficient (Wildman–Crippen LogP) is 3.27. The molecule has 2 fully saturated rings. The van der Waals surface area contributed by atoms with Crippen molar-refractivity contribution in [3.8, 4) is 0 Å². The average molecular weight is 1060 g/mol. The number of hydrogen-bond acceptors (Lipinski definition) is 11. The maximum Gasteiger partial charge on any atom is 0.332 e. The van der Waals surface area contributed by atoms with Crippen LogP contribution in [0, 0.1) is 30.6 Å². The van der Waals surface area contributed by atoms with E-state index in [0.717, 1.165) is 20.9 Å². The number of carbonyl (C=O) groups excluding carboxylic acids is 9. The van der Waals surface area contributed by atoms with E-state index in [-0.39, 0.29) is 44.7 Å². The second-order valence-electron chi connectivity index (χ2n) is 22.2. The van der Waals surface area contributed by atoms with E-state index in [0.29, 0.717) is 18.4 Å². The molecule has 19 heteroatoms. The third kappa shape index (κ3) is 15.6. The number of esters is 1. The number of ether oxygens (including phenoxy) is 1. The summed E-state index contributed by atoms with van der Waals surface area (Å²) in [6, 6.07) is 7.80. The molecule has 2 bridgehead atoms. The Balaban J connectivity index is 1.87. The SMILES string of the molecule is CCC(C)C1NC(=O)C2CCN(C2)C(=O)C(Cc2ccc(C)cc2)N(C)C(=O)C(Cc2ccccc2)NC(=O)C(C)N(C)C(=O)C(C(C)CC)OC(=O)C(C(C)(C)O)N(C)C(=O)C(CC(C)C)NC(=O)C(C)N(C)C1=O. The van der Waals surface area contributed by atoms with Gasteiger partial charge in [-0.25, -0.2) is 4.79 Å². The smallest absolute Gasteiger partial charge is 0.332 e. The van der Waals surface area contributed by atoms with E-state index in [1.54, 1.807) is 43.0 Å². The fraction of sp³-hybridized carbons (Fsp3) is 0.632. The number of fused-ring (bicyclic) bond motifs is 2. The summed E-state index contributed by atoms with van der Waals surface area (Å²) < 4.78 is 5.99. The van der Waals surface area contributed by atoms with Gasteiger partial charge in [0.15, 0.2) is 12.1 Å². The van der Waals surface area contributed by atoms with Crippen molar-refractivity contribution in [3.63, 3.8) is 0 Å². The van der Waals surface area contributed by atoms with Crippen molar-refractivity contribution in [2.45, 2.75) is 169 Å². The van der Waals surface area contributed by atoms with Crippen molar-refractivity contribution >= 4 is 53.2 Å². The van der Waals surface area contributed by atoms with E-state index in [1.807, 2.05) is 65.0 Å². The van der Waals surface area contributed by atoms with Crippen LogP contribution in [0.3, 0.4) is 0 Å². The van der Waals surface area contributed by atoms with Crippen LogP contribution in [0.5, 0.6) is 0 Å². The maximum absolute atomic E-state index is 15.0. The summed E-state index contributed by atoms with van der Waals surface area (Å²) in [6.07, 6.45) is -0.209. The number of aryl methyl sites for hydroxylation is 1. The molecule has 2 aliphatic rings. The van der Waals surface area contributed by atoms with Gasteiger partial charge in [0.2, 0.25) is 41.4 Å². The Bertz CT molecular complexity index is 2380. The topological polar surface area (TPSA) is 235 Å². The van der Waals surface area contributed by atoms with E-state index in [9.17, 15) is 43.5 Å². The number of hydrogen-bond donors (Lipinski definition) is 4. The second kappa shape index (κ2) is 27.1. The van der Waals surface area contributed by atoms with Gasteiger partial charge in [-0.05, 0) is 76.8 Å². The van der Waals surface area contributed by atoms with Crippen molar-refractivity contribution in [2.75, 3.05) is 41.3 Å². The zero-order valence-electron chi connectivity index (χ0n) is 47.5. The minimum absolute atomic E-state index is 0.00376. The van der Waals surface area contributed by atoms with Crippen LogP contribution in [-0.2, 0) is 60.7 Å². The van der Waals surface area contributed by atoms with Crippen molar-refractivity contribution in [1.82, 2.24) is 40.4 Å². The molecule has 0 spiro atoms. The molecule has 2 heterocycles. The van der Waals surface area contributed by atoms with Crippen molar-refractivity contribution in [3.05, 3.63) is 71.3 Å². The van der Waals surface area contributed by atoms with Gasteiger partial charge in [0.1, 0.15) is 36.3 Å². The zero-order chi connectivity index (χ0) is 57.1. The van der Waals surface area contributed by atoms with Gasteiger partial charge in [-0.1, -0.05) is 108 Å². The van der Waals surface area contributed by atoms with Gasteiger partial charge in [0.25, 0.3) is 5.91 Å². The summed E-state index contributed by atoms with van der Waals surface area (Å²) in [5.74, 6) is -8.00. The molecule has 8 amide bonds. The third-order valence-corrected chi connectivity index (χ3v) is 15.4. The van der Waals surface area contributed by atoms with Crippen LogP contribution in [0.1, 0.15) is 112 Å². The molecule has 2 aromatic rings. The minimum atomic E-state index is -1.96. The number of benzene rings is 2. The van der Waals surface area contributed by atoms with Crippen LogP contribution < -0.4 is 16.0 Å². The molecule has 11 atom stereocenters.